The fourth-order valence-electron chi connectivity index (χ4n) is 1.35. The molecular formula is C11H8F5NO3. The van der Waals surface area contributed by atoms with Gasteiger partial charge in [0.15, 0.2) is 0 Å². The average Bonchev–Trinajstić information content (AvgIpc) is 2.29. The van der Waals surface area contributed by atoms with Gasteiger partial charge in [0.1, 0.15) is 17.7 Å². The van der Waals surface area contributed by atoms with Crippen molar-refractivity contribution in [3.63, 3.8) is 0 Å². The molecule has 0 aromatic heterocycles. The molecule has 0 saturated carbocycles. The number of nitrogens with one attached hydrogen (secondary N) is 1. The van der Waals surface area contributed by atoms with Crippen LogP contribution < -0.4 is 5.32 Å². The second-order valence-electron chi connectivity index (χ2n) is 3.80. The van der Waals surface area contributed by atoms with Crippen molar-refractivity contribution in [3.8, 4) is 0 Å². The molecule has 0 radical (unpaired) electrons. The summed E-state index contributed by atoms with van der Waals surface area (Å²) in [5.41, 5.74) is -0.332. The topological polar surface area (TPSA) is 66.4 Å². The molecule has 1 aromatic carbocycles. The van der Waals surface area contributed by atoms with E-state index in [-0.39, 0.29) is 5.56 Å². The molecule has 2 N–H and O–H groups in total. The Morgan fingerprint density at radius 3 is 2.30 bits per heavy atom. The molecule has 0 unspecified atom stereocenters. The van der Waals surface area contributed by atoms with Gasteiger partial charge in [-0.1, -0.05) is 6.07 Å². The molecule has 1 rings (SSSR count). The van der Waals surface area contributed by atoms with Crippen LogP contribution in [0.4, 0.5) is 22.0 Å². The van der Waals surface area contributed by atoms with E-state index < -0.39 is 42.1 Å². The van der Waals surface area contributed by atoms with Crippen LogP contribution in [-0.2, 0) is 16.0 Å². The lowest BCUT2D eigenvalue weighted by molar-refractivity contribution is -0.175. The van der Waals surface area contributed by atoms with E-state index in [1.54, 1.807) is 0 Å². The van der Waals surface area contributed by atoms with E-state index in [1.807, 2.05) is 0 Å². The first kappa shape index (κ1) is 15.9. The number of amides is 1. The Labute approximate surface area is 109 Å². The van der Waals surface area contributed by atoms with Gasteiger partial charge in [0.05, 0.1) is 0 Å². The number of carboxylic acid groups (broad SMARTS) is 1. The van der Waals surface area contributed by atoms with Gasteiger partial charge in [-0.25, -0.2) is 13.6 Å². The largest absolute Gasteiger partial charge is 0.480 e. The molecule has 0 aliphatic heterocycles. The SMILES string of the molecule is O=C(O)[C@@H](Cc1ccc(F)cc1F)NC(=O)C(F)(F)F. The lowest BCUT2D eigenvalue weighted by Crippen LogP contribution is -2.48. The van der Waals surface area contributed by atoms with Crippen molar-refractivity contribution in [2.24, 2.45) is 0 Å². The van der Waals surface area contributed by atoms with Crippen LogP contribution in [0, 0.1) is 11.6 Å². The summed E-state index contributed by atoms with van der Waals surface area (Å²) >= 11 is 0. The number of benzene rings is 1. The summed E-state index contributed by atoms with van der Waals surface area (Å²) in [5, 5.41) is 9.94. The molecule has 9 heteroatoms. The smallest absolute Gasteiger partial charge is 0.471 e. The predicted molar refractivity (Wildman–Crippen MR) is 55.7 cm³/mol. The molecule has 1 atom stereocenters. The molecule has 0 fully saturated rings. The maximum atomic E-state index is 13.3. The number of hydrogen-bond acceptors (Lipinski definition) is 2. The van der Waals surface area contributed by atoms with Crippen molar-refractivity contribution in [2.45, 2.75) is 18.6 Å². The molecule has 20 heavy (non-hydrogen) atoms. The van der Waals surface area contributed by atoms with Gasteiger partial charge in [0.2, 0.25) is 0 Å². The van der Waals surface area contributed by atoms with Crippen LogP contribution in [0.2, 0.25) is 0 Å². The molecule has 0 spiro atoms. The predicted octanol–water partition coefficient (Wildman–Crippen LogP) is 1.64. The van der Waals surface area contributed by atoms with Crippen LogP contribution in [0.5, 0.6) is 0 Å². The van der Waals surface area contributed by atoms with E-state index in [2.05, 4.69) is 0 Å². The van der Waals surface area contributed by atoms with Crippen LogP contribution in [0.25, 0.3) is 0 Å². The molecule has 0 bridgehead atoms. The first-order chi connectivity index (χ1) is 9.11. The van der Waals surface area contributed by atoms with Crippen LogP contribution in [0.3, 0.4) is 0 Å². The van der Waals surface area contributed by atoms with Gasteiger partial charge in [-0.2, -0.15) is 13.2 Å². The standard InChI is InChI=1S/C11H8F5NO3/c12-6-2-1-5(7(13)4-6)3-8(9(18)19)17-10(20)11(14,15)16/h1-2,4,8H,3H2,(H,17,20)(H,18,19)/t8-/m1/s1. The summed E-state index contributed by atoms with van der Waals surface area (Å²) in [4.78, 5) is 21.4. The summed E-state index contributed by atoms with van der Waals surface area (Å²) < 4.78 is 62.0. The summed E-state index contributed by atoms with van der Waals surface area (Å²) in [6.45, 7) is 0. The molecule has 0 aliphatic rings. The molecule has 0 heterocycles. The van der Waals surface area contributed by atoms with Crippen molar-refractivity contribution in [1.82, 2.24) is 5.32 Å². The highest BCUT2D eigenvalue weighted by molar-refractivity contribution is 5.87. The molecule has 4 nitrogen and oxygen atoms in total. The van der Waals surface area contributed by atoms with Crippen LogP contribution in [0.15, 0.2) is 18.2 Å². The molecule has 1 aromatic rings. The highest BCUT2D eigenvalue weighted by Gasteiger charge is 2.40. The lowest BCUT2D eigenvalue weighted by Gasteiger charge is -2.16. The number of aliphatic carboxylic acids is 1. The van der Waals surface area contributed by atoms with E-state index >= 15 is 0 Å². The number of hydrogen-bond donors (Lipinski definition) is 2. The van der Waals surface area contributed by atoms with Gasteiger partial charge in [0, 0.05) is 12.5 Å². The third kappa shape index (κ3) is 4.18. The van der Waals surface area contributed by atoms with Gasteiger partial charge in [-0.3, -0.25) is 4.79 Å². The fraction of sp³-hybridized carbons (Fsp3) is 0.273. The first-order valence-corrected chi connectivity index (χ1v) is 5.15. The van der Waals surface area contributed by atoms with E-state index in [9.17, 15) is 31.5 Å². The zero-order valence-electron chi connectivity index (χ0n) is 9.67. The number of alkyl halides is 3. The number of rotatable bonds is 4. The van der Waals surface area contributed by atoms with Crippen molar-refractivity contribution in [3.05, 3.63) is 35.4 Å². The Morgan fingerprint density at radius 1 is 1.25 bits per heavy atom. The number of halogens is 5. The minimum Gasteiger partial charge on any atom is -0.480 e. The minimum atomic E-state index is -5.25. The number of carboxylic acids is 1. The zero-order valence-corrected chi connectivity index (χ0v) is 9.67. The lowest BCUT2D eigenvalue weighted by atomic mass is 10.1. The van der Waals surface area contributed by atoms with Crippen molar-refractivity contribution in [1.29, 1.82) is 0 Å². The summed E-state index contributed by atoms with van der Waals surface area (Å²) in [5.74, 6) is -6.26. The van der Waals surface area contributed by atoms with Gasteiger partial charge >= 0.3 is 18.1 Å². The van der Waals surface area contributed by atoms with E-state index in [1.165, 1.54) is 5.32 Å². The monoisotopic (exact) mass is 297 g/mol. The van der Waals surface area contributed by atoms with Crippen molar-refractivity contribution >= 4 is 11.9 Å². The van der Waals surface area contributed by atoms with E-state index in [0.717, 1.165) is 12.1 Å². The van der Waals surface area contributed by atoms with E-state index in [4.69, 9.17) is 5.11 Å². The molecular weight excluding hydrogens is 289 g/mol. The van der Waals surface area contributed by atoms with Crippen LogP contribution in [-0.4, -0.2) is 29.2 Å². The summed E-state index contributed by atoms with van der Waals surface area (Å²) in [7, 11) is 0. The minimum absolute atomic E-state index is 0.332. The van der Waals surface area contributed by atoms with Crippen molar-refractivity contribution in [2.75, 3.05) is 0 Å². The highest BCUT2D eigenvalue weighted by atomic mass is 19.4. The van der Waals surface area contributed by atoms with E-state index in [0.29, 0.717) is 6.07 Å². The Balaban J connectivity index is 2.88. The Kier molecular flexibility index (Phi) is 4.64. The quantitative estimate of drug-likeness (QED) is 0.830. The fourth-order valence-corrected chi connectivity index (χ4v) is 1.35. The molecule has 1 amide bonds. The second kappa shape index (κ2) is 5.85. The zero-order chi connectivity index (χ0) is 15.5. The maximum absolute atomic E-state index is 13.3. The van der Waals surface area contributed by atoms with Gasteiger partial charge in [0.25, 0.3) is 0 Å². The van der Waals surface area contributed by atoms with Crippen LogP contribution in [0.1, 0.15) is 5.56 Å². The second-order valence-corrected chi connectivity index (χ2v) is 3.80. The van der Waals surface area contributed by atoms with Crippen LogP contribution >= 0.6 is 0 Å². The molecule has 110 valence electrons. The maximum Gasteiger partial charge on any atom is 0.471 e. The first-order valence-electron chi connectivity index (χ1n) is 5.15. The number of carbonyl (C=O) groups is 2. The Bertz CT molecular complexity index is 529. The van der Waals surface area contributed by atoms with Crippen molar-refractivity contribution < 1.29 is 36.6 Å². The van der Waals surface area contributed by atoms with Gasteiger partial charge in [-0.15, -0.1) is 0 Å². The highest BCUT2D eigenvalue weighted by Crippen LogP contribution is 2.16. The third-order valence-corrected chi connectivity index (χ3v) is 2.30. The number of carbonyl (C=O) groups excluding carboxylic acids is 1. The molecule has 0 aliphatic carbocycles. The van der Waals surface area contributed by atoms with Gasteiger partial charge in [-0.05, 0) is 11.6 Å². The van der Waals surface area contributed by atoms with Gasteiger partial charge < -0.3 is 10.4 Å². The summed E-state index contributed by atoms with van der Waals surface area (Å²) in [6, 6.07) is 0.187. The third-order valence-electron chi connectivity index (χ3n) is 2.30. The average molecular weight is 297 g/mol. The summed E-state index contributed by atoms with van der Waals surface area (Å²) in [6.07, 6.45) is -6.00. The normalized spacial score (nSPS) is 12.8. The molecule has 0 saturated heterocycles. The Morgan fingerprint density at radius 2 is 1.85 bits per heavy atom. The Hall–Kier alpha value is -2.19.